The Labute approximate surface area is 88.5 Å². The maximum Gasteiger partial charge on any atom is 0.0955 e. The summed E-state index contributed by atoms with van der Waals surface area (Å²) in [5.74, 6) is 0. The molecule has 1 aromatic carbocycles. The molecule has 74 valence electrons. The van der Waals surface area contributed by atoms with E-state index in [1.807, 2.05) is 24.9 Å². The molecule has 0 aliphatic heterocycles. The Hall–Kier alpha value is -1.02. The molecule has 0 amide bonds. The Kier molecular flexibility index (Phi) is 2.46. The smallest absolute Gasteiger partial charge is 0.0955 e. The number of halogens is 1. The van der Waals surface area contributed by atoms with E-state index in [1.54, 1.807) is 0 Å². The molecule has 0 fully saturated rings. The van der Waals surface area contributed by atoms with Crippen LogP contribution in [-0.2, 0) is 13.5 Å². The lowest BCUT2D eigenvalue weighted by Crippen LogP contribution is -1.96. The first kappa shape index (κ1) is 9.53. The number of fused-ring (bicyclic) bond motifs is 1. The van der Waals surface area contributed by atoms with Gasteiger partial charge in [-0.2, -0.15) is 0 Å². The van der Waals surface area contributed by atoms with Gasteiger partial charge in [0.1, 0.15) is 0 Å². The van der Waals surface area contributed by atoms with Crippen LogP contribution in [0.15, 0.2) is 24.5 Å². The number of imidazole rings is 1. The largest absolute Gasteiger partial charge is 0.334 e. The summed E-state index contributed by atoms with van der Waals surface area (Å²) < 4.78 is 2.02. The van der Waals surface area contributed by atoms with Crippen LogP contribution in [0.3, 0.4) is 0 Å². The van der Waals surface area contributed by atoms with Crippen molar-refractivity contribution in [2.24, 2.45) is 7.05 Å². The summed E-state index contributed by atoms with van der Waals surface area (Å²) in [7, 11) is 2.00. The highest BCUT2D eigenvalue weighted by molar-refractivity contribution is 6.20. The van der Waals surface area contributed by atoms with Crippen molar-refractivity contribution in [3.8, 4) is 0 Å². The minimum Gasteiger partial charge on any atom is -0.334 e. The minimum atomic E-state index is 0.177. The van der Waals surface area contributed by atoms with Crippen LogP contribution in [0.1, 0.15) is 12.5 Å². The zero-order valence-corrected chi connectivity index (χ0v) is 9.12. The Bertz CT molecular complexity index is 445. The highest BCUT2D eigenvalue weighted by Crippen LogP contribution is 2.16. The second kappa shape index (κ2) is 3.62. The predicted molar refractivity (Wildman–Crippen MR) is 59.7 cm³/mol. The summed E-state index contributed by atoms with van der Waals surface area (Å²) in [5, 5.41) is 0.177. The molecule has 2 rings (SSSR count). The molecule has 0 aliphatic carbocycles. The first-order chi connectivity index (χ1) is 6.66. The lowest BCUT2D eigenvalue weighted by Gasteiger charge is -2.03. The molecule has 1 atom stereocenters. The van der Waals surface area contributed by atoms with Crippen molar-refractivity contribution in [3.05, 3.63) is 30.1 Å². The van der Waals surface area contributed by atoms with Gasteiger partial charge in [-0.3, -0.25) is 0 Å². The van der Waals surface area contributed by atoms with Crippen molar-refractivity contribution >= 4 is 22.6 Å². The molecule has 0 aliphatic rings. The summed E-state index contributed by atoms with van der Waals surface area (Å²) >= 11 is 5.94. The molecular weight excluding hydrogens is 196 g/mol. The van der Waals surface area contributed by atoms with E-state index in [0.717, 1.165) is 17.5 Å². The molecule has 0 saturated heterocycles. The van der Waals surface area contributed by atoms with Gasteiger partial charge in [-0.15, -0.1) is 11.6 Å². The predicted octanol–water partition coefficient (Wildman–Crippen LogP) is 2.74. The maximum absolute atomic E-state index is 5.94. The lowest BCUT2D eigenvalue weighted by atomic mass is 10.1. The summed E-state index contributed by atoms with van der Waals surface area (Å²) in [4.78, 5) is 4.31. The molecule has 2 aromatic rings. The maximum atomic E-state index is 5.94. The molecule has 1 unspecified atom stereocenters. The van der Waals surface area contributed by atoms with Gasteiger partial charge in [0.25, 0.3) is 0 Å². The van der Waals surface area contributed by atoms with Gasteiger partial charge in [0.15, 0.2) is 0 Å². The SMILES string of the molecule is CC(Cl)Cc1ccc2c(c1)ncn2C. The van der Waals surface area contributed by atoms with Crippen molar-refractivity contribution in [1.82, 2.24) is 9.55 Å². The van der Waals surface area contributed by atoms with E-state index < -0.39 is 0 Å². The third-order valence-corrected chi connectivity index (χ3v) is 2.46. The molecule has 0 spiro atoms. The lowest BCUT2D eigenvalue weighted by molar-refractivity contribution is 0.931. The van der Waals surface area contributed by atoms with Crippen molar-refractivity contribution in [2.75, 3.05) is 0 Å². The topological polar surface area (TPSA) is 17.8 Å². The van der Waals surface area contributed by atoms with Crippen LogP contribution in [0.5, 0.6) is 0 Å². The Morgan fingerprint density at radius 1 is 1.50 bits per heavy atom. The quantitative estimate of drug-likeness (QED) is 0.694. The van der Waals surface area contributed by atoms with Crippen LogP contribution in [0.2, 0.25) is 0 Å². The molecule has 0 N–H and O–H groups in total. The normalized spacial score (nSPS) is 13.4. The number of alkyl halides is 1. The van der Waals surface area contributed by atoms with Crippen molar-refractivity contribution in [1.29, 1.82) is 0 Å². The number of hydrogen-bond acceptors (Lipinski definition) is 1. The second-order valence-electron chi connectivity index (χ2n) is 3.66. The fourth-order valence-corrected chi connectivity index (χ4v) is 1.81. The summed E-state index contributed by atoms with van der Waals surface area (Å²) in [6.45, 7) is 2.00. The number of aromatic nitrogens is 2. The van der Waals surface area contributed by atoms with E-state index in [2.05, 4.69) is 23.2 Å². The number of hydrogen-bond donors (Lipinski definition) is 0. The first-order valence-electron chi connectivity index (χ1n) is 4.71. The van der Waals surface area contributed by atoms with Crippen LogP contribution in [0.4, 0.5) is 0 Å². The van der Waals surface area contributed by atoms with Crippen LogP contribution < -0.4 is 0 Å². The van der Waals surface area contributed by atoms with E-state index in [4.69, 9.17) is 11.6 Å². The Morgan fingerprint density at radius 2 is 2.29 bits per heavy atom. The molecule has 1 heterocycles. The molecule has 0 bridgehead atoms. The highest BCUT2D eigenvalue weighted by atomic mass is 35.5. The van der Waals surface area contributed by atoms with E-state index in [1.165, 1.54) is 5.56 Å². The van der Waals surface area contributed by atoms with Crippen molar-refractivity contribution in [2.45, 2.75) is 18.7 Å². The van der Waals surface area contributed by atoms with Gasteiger partial charge >= 0.3 is 0 Å². The first-order valence-corrected chi connectivity index (χ1v) is 5.14. The van der Waals surface area contributed by atoms with Gasteiger partial charge < -0.3 is 4.57 Å². The van der Waals surface area contributed by atoms with Gasteiger partial charge in [0.05, 0.1) is 17.4 Å². The Balaban J connectivity index is 2.42. The third kappa shape index (κ3) is 1.75. The standard InChI is InChI=1S/C11H13ClN2/c1-8(12)5-9-3-4-11-10(6-9)13-7-14(11)2/h3-4,6-8H,5H2,1-2H3. The molecule has 14 heavy (non-hydrogen) atoms. The van der Waals surface area contributed by atoms with Crippen LogP contribution >= 0.6 is 11.6 Å². The van der Waals surface area contributed by atoms with Crippen molar-refractivity contribution < 1.29 is 0 Å². The second-order valence-corrected chi connectivity index (χ2v) is 4.41. The van der Waals surface area contributed by atoms with Crippen LogP contribution in [0, 0.1) is 0 Å². The average molecular weight is 209 g/mol. The fraction of sp³-hybridized carbons (Fsp3) is 0.364. The monoisotopic (exact) mass is 208 g/mol. The fourth-order valence-electron chi connectivity index (χ4n) is 1.63. The number of nitrogens with zero attached hydrogens (tertiary/aromatic N) is 2. The van der Waals surface area contributed by atoms with Gasteiger partial charge in [-0.25, -0.2) is 4.98 Å². The summed E-state index contributed by atoms with van der Waals surface area (Å²) in [6.07, 6.45) is 2.73. The highest BCUT2D eigenvalue weighted by Gasteiger charge is 2.03. The van der Waals surface area contributed by atoms with Gasteiger partial charge in [0, 0.05) is 12.4 Å². The van der Waals surface area contributed by atoms with E-state index in [-0.39, 0.29) is 5.38 Å². The number of benzene rings is 1. The van der Waals surface area contributed by atoms with E-state index in [9.17, 15) is 0 Å². The van der Waals surface area contributed by atoms with Crippen LogP contribution in [0.25, 0.3) is 11.0 Å². The molecule has 2 nitrogen and oxygen atoms in total. The molecule has 0 radical (unpaired) electrons. The average Bonchev–Trinajstić information content (AvgIpc) is 2.46. The number of rotatable bonds is 2. The van der Waals surface area contributed by atoms with Gasteiger partial charge in [-0.05, 0) is 31.0 Å². The van der Waals surface area contributed by atoms with E-state index in [0.29, 0.717) is 0 Å². The summed E-state index contributed by atoms with van der Waals surface area (Å²) in [5.41, 5.74) is 3.46. The molecule has 3 heteroatoms. The molecular formula is C11H13ClN2. The molecule has 0 saturated carbocycles. The van der Waals surface area contributed by atoms with Crippen LogP contribution in [-0.4, -0.2) is 14.9 Å². The zero-order chi connectivity index (χ0) is 10.1. The van der Waals surface area contributed by atoms with E-state index >= 15 is 0 Å². The summed E-state index contributed by atoms with van der Waals surface area (Å²) in [6, 6.07) is 6.31. The van der Waals surface area contributed by atoms with Gasteiger partial charge in [0.2, 0.25) is 0 Å². The minimum absolute atomic E-state index is 0.177. The number of aryl methyl sites for hydroxylation is 1. The van der Waals surface area contributed by atoms with Gasteiger partial charge in [-0.1, -0.05) is 6.07 Å². The van der Waals surface area contributed by atoms with Crippen molar-refractivity contribution in [3.63, 3.8) is 0 Å². The Morgan fingerprint density at radius 3 is 3.00 bits per heavy atom. The zero-order valence-electron chi connectivity index (χ0n) is 8.37. The third-order valence-electron chi connectivity index (χ3n) is 2.31. The molecule has 1 aromatic heterocycles.